The lowest BCUT2D eigenvalue weighted by molar-refractivity contribution is -0.150. The summed E-state index contributed by atoms with van der Waals surface area (Å²) in [6, 6.07) is 3.32. The Bertz CT molecular complexity index is 551. The normalized spacial score (nSPS) is 17.2. The first-order chi connectivity index (χ1) is 9.94. The molecule has 6 nitrogen and oxygen atoms in total. The number of primary amides is 1. The van der Waals surface area contributed by atoms with E-state index in [9.17, 15) is 14.7 Å². The van der Waals surface area contributed by atoms with Gasteiger partial charge in [-0.15, -0.1) is 0 Å². The molecule has 1 aromatic heterocycles. The Labute approximate surface area is 123 Å². The van der Waals surface area contributed by atoms with Crippen molar-refractivity contribution < 1.29 is 14.7 Å². The van der Waals surface area contributed by atoms with Crippen molar-refractivity contribution in [2.24, 2.45) is 11.1 Å². The Morgan fingerprint density at radius 1 is 1.33 bits per heavy atom. The minimum absolute atomic E-state index is 0.263. The molecule has 1 aromatic rings. The molecule has 6 heteroatoms. The van der Waals surface area contributed by atoms with Crippen LogP contribution < -0.4 is 11.1 Å². The van der Waals surface area contributed by atoms with E-state index in [2.05, 4.69) is 10.3 Å². The van der Waals surface area contributed by atoms with Crippen molar-refractivity contribution >= 4 is 17.7 Å². The van der Waals surface area contributed by atoms with Gasteiger partial charge in [-0.3, -0.25) is 9.59 Å². The zero-order valence-corrected chi connectivity index (χ0v) is 12.2. The highest BCUT2D eigenvalue weighted by Gasteiger charge is 2.39. The van der Waals surface area contributed by atoms with Gasteiger partial charge in [0.1, 0.15) is 5.82 Å². The third kappa shape index (κ3) is 3.32. The first-order valence-corrected chi connectivity index (χ1v) is 7.19. The van der Waals surface area contributed by atoms with Crippen LogP contribution >= 0.6 is 0 Å². The van der Waals surface area contributed by atoms with Gasteiger partial charge in [-0.25, -0.2) is 4.98 Å². The molecular weight excluding hydrogens is 270 g/mol. The zero-order valence-electron chi connectivity index (χ0n) is 12.2. The third-order valence-electron chi connectivity index (χ3n) is 4.16. The molecule has 2 rings (SSSR count). The molecule has 0 unspecified atom stereocenters. The van der Waals surface area contributed by atoms with Gasteiger partial charge in [0.15, 0.2) is 0 Å². The SMILES string of the molecule is Cc1ccc(C(N)=O)c(NCC2(C(=O)O)CCCCC2)n1. The quantitative estimate of drug-likeness (QED) is 0.768. The average molecular weight is 291 g/mol. The highest BCUT2D eigenvalue weighted by Crippen LogP contribution is 2.36. The molecule has 1 fully saturated rings. The Hall–Kier alpha value is -2.11. The van der Waals surface area contributed by atoms with Crippen LogP contribution in [-0.2, 0) is 4.79 Å². The number of carboxylic acid groups (broad SMARTS) is 1. The molecular formula is C15H21N3O3. The first kappa shape index (κ1) is 15.3. The van der Waals surface area contributed by atoms with E-state index in [4.69, 9.17) is 5.73 Å². The average Bonchev–Trinajstić information content (AvgIpc) is 2.45. The van der Waals surface area contributed by atoms with Crippen molar-refractivity contribution in [3.63, 3.8) is 0 Å². The molecule has 0 aliphatic heterocycles. The smallest absolute Gasteiger partial charge is 0.311 e. The van der Waals surface area contributed by atoms with E-state index < -0.39 is 17.3 Å². The minimum Gasteiger partial charge on any atom is -0.481 e. The number of hydrogen-bond acceptors (Lipinski definition) is 4. The lowest BCUT2D eigenvalue weighted by Crippen LogP contribution is -2.40. The number of carbonyl (C=O) groups excluding carboxylic acids is 1. The molecule has 1 aliphatic carbocycles. The number of pyridine rings is 1. The molecule has 1 aliphatic rings. The number of carbonyl (C=O) groups is 2. The maximum Gasteiger partial charge on any atom is 0.311 e. The summed E-state index contributed by atoms with van der Waals surface area (Å²) in [5, 5.41) is 12.6. The molecule has 0 atom stereocenters. The van der Waals surface area contributed by atoms with Crippen LogP contribution in [0.5, 0.6) is 0 Å². The minimum atomic E-state index is -0.789. The molecule has 1 saturated carbocycles. The number of anilines is 1. The van der Waals surface area contributed by atoms with Crippen LogP contribution in [0.25, 0.3) is 0 Å². The van der Waals surface area contributed by atoms with E-state index in [1.54, 1.807) is 12.1 Å². The third-order valence-corrected chi connectivity index (χ3v) is 4.16. The first-order valence-electron chi connectivity index (χ1n) is 7.19. The summed E-state index contributed by atoms with van der Waals surface area (Å²) >= 11 is 0. The van der Waals surface area contributed by atoms with Crippen LogP contribution in [0.3, 0.4) is 0 Å². The predicted molar refractivity (Wildman–Crippen MR) is 79.1 cm³/mol. The Balaban J connectivity index is 2.19. The predicted octanol–water partition coefficient (Wildman–Crippen LogP) is 1.94. The van der Waals surface area contributed by atoms with Gasteiger partial charge in [0, 0.05) is 12.2 Å². The molecule has 21 heavy (non-hydrogen) atoms. The maximum atomic E-state index is 11.6. The van der Waals surface area contributed by atoms with Gasteiger partial charge in [0.05, 0.1) is 11.0 Å². The summed E-state index contributed by atoms with van der Waals surface area (Å²) in [6.45, 7) is 2.07. The van der Waals surface area contributed by atoms with Crippen molar-refractivity contribution in [1.82, 2.24) is 4.98 Å². The topological polar surface area (TPSA) is 105 Å². The fourth-order valence-corrected chi connectivity index (χ4v) is 2.84. The van der Waals surface area contributed by atoms with Crippen LogP contribution in [0.2, 0.25) is 0 Å². The van der Waals surface area contributed by atoms with Crippen LogP contribution in [0, 0.1) is 12.3 Å². The molecule has 0 radical (unpaired) electrons. The van der Waals surface area contributed by atoms with Crippen molar-refractivity contribution in [1.29, 1.82) is 0 Å². The monoisotopic (exact) mass is 291 g/mol. The summed E-state index contributed by atoms with van der Waals surface area (Å²) in [6.07, 6.45) is 4.19. The zero-order chi connectivity index (χ0) is 15.5. The van der Waals surface area contributed by atoms with Crippen LogP contribution in [-0.4, -0.2) is 28.5 Å². The highest BCUT2D eigenvalue weighted by molar-refractivity contribution is 5.97. The fourth-order valence-electron chi connectivity index (χ4n) is 2.84. The van der Waals surface area contributed by atoms with Crippen molar-refractivity contribution in [3.05, 3.63) is 23.4 Å². The number of nitrogens with two attached hydrogens (primary N) is 1. The van der Waals surface area contributed by atoms with Crippen molar-refractivity contribution in [3.8, 4) is 0 Å². The van der Waals surface area contributed by atoms with Gasteiger partial charge >= 0.3 is 5.97 Å². The number of carboxylic acids is 1. The second-order valence-electron chi connectivity index (χ2n) is 5.71. The van der Waals surface area contributed by atoms with Gasteiger partial charge in [0.2, 0.25) is 0 Å². The molecule has 114 valence electrons. The van der Waals surface area contributed by atoms with E-state index in [1.807, 2.05) is 6.92 Å². The number of nitrogens with zero attached hydrogens (tertiary/aromatic N) is 1. The van der Waals surface area contributed by atoms with Crippen LogP contribution in [0.4, 0.5) is 5.82 Å². The molecule has 1 heterocycles. The van der Waals surface area contributed by atoms with E-state index in [-0.39, 0.29) is 12.1 Å². The van der Waals surface area contributed by atoms with Crippen LogP contribution in [0.1, 0.15) is 48.2 Å². The second kappa shape index (κ2) is 6.11. The van der Waals surface area contributed by atoms with Gasteiger partial charge in [-0.1, -0.05) is 19.3 Å². The number of nitrogens with one attached hydrogen (secondary N) is 1. The maximum absolute atomic E-state index is 11.6. The van der Waals surface area contributed by atoms with Gasteiger partial charge in [-0.2, -0.15) is 0 Å². The highest BCUT2D eigenvalue weighted by atomic mass is 16.4. The Kier molecular flexibility index (Phi) is 4.45. The summed E-state index contributed by atoms with van der Waals surface area (Å²) in [5.41, 5.74) is 5.59. The largest absolute Gasteiger partial charge is 0.481 e. The summed E-state index contributed by atoms with van der Waals surface area (Å²) < 4.78 is 0. The summed E-state index contributed by atoms with van der Waals surface area (Å²) in [7, 11) is 0. The van der Waals surface area contributed by atoms with Gasteiger partial charge < -0.3 is 16.2 Å². The molecule has 4 N–H and O–H groups in total. The number of rotatable bonds is 5. The number of aromatic nitrogens is 1. The number of hydrogen-bond donors (Lipinski definition) is 3. The molecule has 0 spiro atoms. The van der Waals surface area contributed by atoms with E-state index in [1.165, 1.54) is 0 Å². The molecule has 1 amide bonds. The van der Waals surface area contributed by atoms with Crippen molar-refractivity contribution in [2.45, 2.75) is 39.0 Å². The van der Waals surface area contributed by atoms with Crippen LogP contribution in [0.15, 0.2) is 12.1 Å². The lowest BCUT2D eigenvalue weighted by atomic mass is 9.74. The second-order valence-corrected chi connectivity index (χ2v) is 5.71. The van der Waals surface area contributed by atoms with E-state index in [0.29, 0.717) is 18.7 Å². The molecule has 0 bridgehead atoms. The Morgan fingerprint density at radius 2 is 2.00 bits per heavy atom. The number of amides is 1. The van der Waals surface area contributed by atoms with Gasteiger partial charge in [-0.05, 0) is 31.9 Å². The van der Waals surface area contributed by atoms with E-state index >= 15 is 0 Å². The molecule has 0 saturated heterocycles. The van der Waals surface area contributed by atoms with Crippen molar-refractivity contribution in [2.75, 3.05) is 11.9 Å². The lowest BCUT2D eigenvalue weighted by Gasteiger charge is -2.33. The summed E-state index contributed by atoms with van der Waals surface area (Å²) in [4.78, 5) is 27.3. The standard InChI is InChI=1S/C15H21N3O3/c1-10-5-6-11(12(16)19)13(18-10)17-9-15(14(20)21)7-3-2-4-8-15/h5-6H,2-4,7-9H2,1H3,(H2,16,19)(H,17,18)(H,20,21). The van der Waals surface area contributed by atoms with E-state index in [0.717, 1.165) is 25.0 Å². The van der Waals surface area contributed by atoms with Gasteiger partial charge in [0.25, 0.3) is 5.91 Å². The summed E-state index contributed by atoms with van der Waals surface area (Å²) in [5.74, 6) is -0.991. The number of aliphatic carboxylic acids is 1. The fraction of sp³-hybridized carbons (Fsp3) is 0.533. The number of aryl methyl sites for hydroxylation is 1. The molecule has 0 aromatic carbocycles. The Morgan fingerprint density at radius 3 is 2.57 bits per heavy atom.